The molecule has 1 aromatic rings. The monoisotopic (exact) mass is 263 g/mol. The molecule has 0 atom stereocenters. The maximum atomic E-state index is 5.87. The zero-order valence-corrected chi connectivity index (χ0v) is 12.3. The molecular weight excluding hydrogens is 238 g/mol. The van der Waals surface area contributed by atoms with Crippen LogP contribution in [0, 0.1) is 5.92 Å². The van der Waals surface area contributed by atoms with Crippen LogP contribution < -0.4 is 10.1 Å². The van der Waals surface area contributed by atoms with Crippen LogP contribution in [0.2, 0.25) is 0 Å². The molecule has 1 N–H and O–H groups in total. The molecule has 0 amide bonds. The summed E-state index contributed by atoms with van der Waals surface area (Å²) in [6.07, 6.45) is 7.12. The second-order valence-electron chi connectivity index (χ2n) is 5.66. The van der Waals surface area contributed by atoms with Crippen LogP contribution in [-0.4, -0.2) is 23.6 Å². The van der Waals surface area contributed by atoms with Gasteiger partial charge in [-0.2, -0.15) is 0 Å². The molecule has 106 valence electrons. The third-order valence-electron chi connectivity index (χ3n) is 3.72. The van der Waals surface area contributed by atoms with Crippen molar-refractivity contribution in [3.05, 3.63) is 17.7 Å². The predicted molar refractivity (Wildman–Crippen MR) is 76.3 cm³/mol. The summed E-state index contributed by atoms with van der Waals surface area (Å²) in [5.41, 5.74) is 0.967. The van der Waals surface area contributed by atoms with Crippen molar-refractivity contribution < 1.29 is 4.74 Å². The van der Waals surface area contributed by atoms with E-state index in [1.807, 2.05) is 13.2 Å². The van der Waals surface area contributed by atoms with Gasteiger partial charge >= 0.3 is 0 Å². The molecule has 0 spiro atoms. The van der Waals surface area contributed by atoms with E-state index in [1.165, 1.54) is 19.3 Å². The average molecular weight is 263 g/mol. The van der Waals surface area contributed by atoms with Crippen molar-refractivity contribution >= 4 is 0 Å². The average Bonchev–Trinajstić information content (AvgIpc) is 2.34. The number of rotatable bonds is 7. The first-order valence-corrected chi connectivity index (χ1v) is 7.34. The van der Waals surface area contributed by atoms with Crippen molar-refractivity contribution in [3.8, 4) is 5.75 Å². The third-order valence-corrected chi connectivity index (χ3v) is 3.72. The minimum atomic E-state index is 0.347. The van der Waals surface area contributed by atoms with Crippen molar-refractivity contribution in [1.29, 1.82) is 0 Å². The lowest BCUT2D eigenvalue weighted by Crippen LogP contribution is -2.16. The summed E-state index contributed by atoms with van der Waals surface area (Å²) >= 11 is 0. The Morgan fingerprint density at radius 1 is 1.42 bits per heavy atom. The maximum absolute atomic E-state index is 5.87. The molecule has 0 saturated heterocycles. The van der Waals surface area contributed by atoms with E-state index in [1.54, 1.807) is 0 Å². The van der Waals surface area contributed by atoms with Gasteiger partial charge in [0.05, 0.1) is 18.5 Å². The van der Waals surface area contributed by atoms with Gasteiger partial charge in [-0.3, -0.25) is 0 Å². The van der Waals surface area contributed by atoms with E-state index >= 15 is 0 Å². The molecule has 2 rings (SSSR count). The molecule has 19 heavy (non-hydrogen) atoms. The zero-order valence-electron chi connectivity index (χ0n) is 12.3. The molecule has 1 aliphatic carbocycles. The van der Waals surface area contributed by atoms with Crippen molar-refractivity contribution in [1.82, 2.24) is 15.3 Å². The van der Waals surface area contributed by atoms with Crippen molar-refractivity contribution in [3.63, 3.8) is 0 Å². The lowest BCUT2D eigenvalue weighted by atomic mass is 9.83. The zero-order chi connectivity index (χ0) is 13.7. The Bertz CT molecular complexity index is 402. The Balaban J connectivity index is 1.96. The molecule has 0 radical (unpaired) electrons. The van der Waals surface area contributed by atoms with Gasteiger partial charge in [0.1, 0.15) is 5.82 Å². The Hall–Kier alpha value is -1.16. The number of aromatic nitrogens is 2. The second kappa shape index (κ2) is 6.85. The van der Waals surface area contributed by atoms with Gasteiger partial charge in [0, 0.05) is 12.5 Å². The minimum Gasteiger partial charge on any atom is -0.490 e. The van der Waals surface area contributed by atoms with Crippen LogP contribution in [0.3, 0.4) is 0 Å². The highest BCUT2D eigenvalue weighted by Crippen LogP contribution is 2.29. The maximum Gasteiger partial charge on any atom is 0.160 e. The fraction of sp³-hybridized carbons (Fsp3) is 0.733. The van der Waals surface area contributed by atoms with Crippen LogP contribution in [-0.2, 0) is 6.54 Å². The molecule has 1 heterocycles. The van der Waals surface area contributed by atoms with Gasteiger partial charge in [-0.1, -0.05) is 33.1 Å². The fourth-order valence-corrected chi connectivity index (χ4v) is 2.23. The first-order chi connectivity index (χ1) is 9.20. The molecule has 1 saturated carbocycles. The molecular formula is C15H25N3O. The second-order valence-corrected chi connectivity index (χ2v) is 5.66. The highest BCUT2D eigenvalue weighted by atomic mass is 16.5. The molecule has 1 fully saturated rings. The number of hydrogen-bond acceptors (Lipinski definition) is 4. The Kier molecular flexibility index (Phi) is 5.14. The van der Waals surface area contributed by atoms with E-state index in [2.05, 4.69) is 29.1 Å². The summed E-state index contributed by atoms with van der Waals surface area (Å²) in [6.45, 7) is 5.72. The predicted octanol–water partition coefficient (Wildman–Crippen LogP) is 2.89. The van der Waals surface area contributed by atoms with Crippen LogP contribution in [0.1, 0.15) is 57.0 Å². The van der Waals surface area contributed by atoms with E-state index in [4.69, 9.17) is 4.74 Å². The molecule has 0 bridgehead atoms. The van der Waals surface area contributed by atoms with Crippen molar-refractivity contribution in [2.45, 2.75) is 52.0 Å². The normalized spacial score (nSPS) is 15.6. The SMILES string of the molecule is CNCc1nc(C(C)C)ncc1OCCC1CCC1. The van der Waals surface area contributed by atoms with E-state index in [-0.39, 0.29) is 0 Å². The summed E-state index contributed by atoms with van der Waals surface area (Å²) in [5, 5.41) is 3.14. The molecule has 0 unspecified atom stereocenters. The molecule has 1 aliphatic rings. The van der Waals surface area contributed by atoms with Crippen molar-refractivity contribution in [2.24, 2.45) is 5.92 Å². The van der Waals surface area contributed by atoms with Gasteiger partial charge in [0.15, 0.2) is 5.75 Å². The van der Waals surface area contributed by atoms with Crippen LogP contribution in [0.4, 0.5) is 0 Å². The number of ether oxygens (including phenoxy) is 1. The minimum absolute atomic E-state index is 0.347. The summed E-state index contributed by atoms with van der Waals surface area (Å²) in [6, 6.07) is 0. The highest BCUT2D eigenvalue weighted by molar-refractivity contribution is 5.25. The third kappa shape index (κ3) is 3.90. The standard InChI is InChI=1S/C15H25N3O/c1-11(2)15-17-10-14(13(18-15)9-16-3)19-8-7-12-5-4-6-12/h10-12,16H,4-9H2,1-3H3. The van der Waals surface area contributed by atoms with Crippen LogP contribution in [0.25, 0.3) is 0 Å². The van der Waals surface area contributed by atoms with Gasteiger partial charge in [-0.15, -0.1) is 0 Å². The Morgan fingerprint density at radius 3 is 2.79 bits per heavy atom. The summed E-state index contributed by atoms with van der Waals surface area (Å²) in [7, 11) is 1.93. The highest BCUT2D eigenvalue weighted by Gasteiger charge is 2.17. The lowest BCUT2D eigenvalue weighted by molar-refractivity contribution is 0.219. The summed E-state index contributed by atoms with van der Waals surface area (Å²) in [5.74, 6) is 2.94. The molecule has 4 nitrogen and oxygen atoms in total. The molecule has 0 aromatic carbocycles. The Morgan fingerprint density at radius 2 is 2.21 bits per heavy atom. The molecule has 4 heteroatoms. The first kappa shape index (κ1) is 14.3. The van der Waals surface area contributed by atoms with E-state index in [0.717, 1.165) is 42.8 Å². The van der Waals surface area contributed by atoms with Crippen LogP contribution >= 0.6 is 0 Å². The summed E-state index contributed by atoms with van der Waals surface area (Å²) in [4.78, 5) is 8.98. The van der Waals surface area contributed by atoms with E-state index < -0.39 is 0 Å². The van der Waals surface area contributed by atoms with Gasteiger partial charge in [-0.05, 0) is 19.4 Å². The van der Waals surface area contributed by atoms with Crippen LogP contribution in [0.15, 0.2) is 6.20 Å². The van der Waals surface area contributed by atoms with E-state index in [9.17, 15) is 0 Å². The lowest BCUT2D eigenvalue weighted by Gasteiger charge is -2.25. The topological polar surface area (TPSA) is 47.0 Å². The van der Waals surface area contributed by atoms with Gasteiger partial charge in [0.25, 0.3) is 0 Å². The van der Waals surface area contributed by atoms with E-state index in [0.29, 0.717) is 5.92 Å². The number of hydrogen-bond donors (Lipinski definition) is 1. The molecule has 1 aromatic heterocycles. The summed E-state index contributed by atoms with van der Waals surface area (Å²) < 4.78 is 5.87. The van der Waals surface area contributed by atoms with Gasteiger partial charge < -0.3 is 10.1 Å². The largest absolute Gasteiger partial charge is 0.490 e. The van der Waals surface area contributed by atoms with Crippen LogP contribution in [0.5, 0.6) is 5.75 Å². The van der Waals surface area contributed by atoms with Crippen molar-refractivity contribution in [2.75, 3.05) is 13.7 Å². The van der Waals surface area contributed by atoms with Gasteiger partial charge in [0.2, 0.25) is 0 Å². The first-order valence-electron chi connectivity index (χ1n) is 7.34. The van der Waals surface area contributed by atoms with Gasteiger partial charge in [-0.25, -0.2) is 9.97 Å². The Labute approximate surface area is 116 Å². The quantitative estimate of drug-likeness (QED) is 0.821. The number of nitrogens with one attached hydrogen (secondary N) is 1. The fourth-order valence-electron chi connectivity index (χ4n) is 2.23. The molecule has 0 aliphatic heterocycles. The smallest absolute Gasteiger partial charge is 0.160 e. The number of nitrogens with zero attached hydrogens (tertiary/aromatic N) is 2.